The molecule has 0 fully saturated rings. The van der Waals surface area contributed by atoms with Gasteiger partial charge in [-0.3, -0.25) is 0 Å². The van der Waals surface area contributed by atoms with Gasteiger partial charge in [0.05, 0.1) is 6.20 Å². The zero-order valence-electron chi connectivity index (χ0n) is 11.0. The molecule has 0 bridgehead atoms. The quantitative estimate of drug-likeness (QED) is 0.763. The van der Waals surface area contributed by atoms with Gasteiger partial charge in [0.2, 0.25) is 0 Å². The molecule has 0 unspecified atom stereocenters. The van der Waals surface area contributed by atoms with Gasteiger partial charge < -0.3 is 5.11 Å². The van der Waals surface area contributed by atoms with E-state index in [1.165, 1.54) is 0 Å². The molecule has 1 N–H and O–H groups in total. The number of fused-ring (bicyclic) bond motifs is 1. The molecule has 96 valence electrons. The summed E-state index contributed by atoms with van der Waals surface area (Å²) in [5.74, 6) is 0.286. The van der Waals surface area contributed by atoms with Crippen LogP contribution in [0.3, 0.4) is 0 Å². The molecule has 0 amide bonds. The number of aromatic hydroxyl groups is 1. The van der Waals surface area contributed by atoms with Gasteiger partial charge in [0.25, 0.3) is 0 Å². The summed E-state index contributed by atoms with van der Waals surface area (Å²) in [7, 11) is 0. The van der Waals surface area contributed by atoms with Crippen LogP contribution in [0.25, 0.3) is 5.65 Å². The second-order valence-corrected chi connectivity index (χ2v) is 4.79. The minimum atomic E-state index is 0.286. The molecule has 0 saturated carbocycles. The smallest absolute Gasteiger partial charge is 0.158 e. The van der Waals surface area contributed by atoms with Crippen LogP contribution < -0.4 is 0 Å². The van der Waals surface area contributed by atoms with Gasteiger partial charge in [-0.15, -0.1) is 0 Å². The van der Waals surface area contributed by atoms with Crippen molar-refractivity contribution in [1.82, 2.24) is 14.6 Å². The number of phenols is 1. The SMILES string of the molecule is Cc1cc(C)n2ncc(Cc3ccc(O)cc3)c2n1. The number of rotatable bonds is 2. The molecule has 0 aliphatic rings. The summed E-state index contributed by atoms with van der Waals surface area (Å²) in [4.78, 5) is 4.56. The van der Waals surface area contributed by atoms with Crippen LogP contribution in [-0.2, 0) is 6.42 Å². The van der Waals surface area contributed by atoms with Crippen LogP contribution in [0.1, 0.15) is 22.5 Å². The van der Waals surface area contributed by atoms with E-state index in [9.17, 15) is 5.11 Å². The number of hydrogen-bond donors (Lipinski definition) is 1. The van der Waals surface area contributed by atoms with Crippen LogP contribution in [0.2, 0.25) is 0 Å². The molecule has 4 heteroatoms. The molecule has 1 aromatic carbocycles. The predicted molar refractivity (Wildman–Crippen MR) is 73.4 cm³/mol. The number of hydrogen-bond acceptors (Lipinski definition) is 3. The molecule has 3 rings (SSSR count). The van der Waals surface area contributed by atoms with E-state index in [1.807, 2.05) is 42.8 Å². The molecule has 0 atom stereocenters. The number of aryl methyl sites for hydroxylation is 2. The highest BCUT2D eigenvalue weighted by molar-refractivity contribution is 5.50. The van der Waals surface area contributed by atoms with Crippen molar-refractivity contribution in [3.8, 4) is 5.75 Å². The summed E-state index contributed by atoms with van der Waals surface area (Å²) < 4.78 is 1.86. The van der Waals surface area contributed by atoms with E-state index >= 15 is 0 Å². The average molecular weight is 253 g/mol. The van der Waals surface area contributed by atoms with Crippen LogP contribution in [0.5, 0.6) is 5.75 Å². The maximum absolute atomic E-state index is 9.30. The third-order valence-corrected chi connectivity index (χ3v) is 3.18. The van der Waals surface area contributed by atoms with Gasteiger partial charge in [-0.25, -0.2) is 9.50 Å². The Kier molecular flexibility index (Phi) is 2.71. The fourth-order valence-electron chi connectivity index (χ4n) is 2.27. The standard InChI is InChI=1S/C15H15N3O/c1-10-7-11(2)18-15(17-10)13(9-16-18)8-12-3-5-14(19)6-4-12/h3-7,9,19H,8H2,1-2H3. The lowest BCUT2D eigenvalue weighted by molar-refractivity contribution is 0.475. The molecule has 0 aliphatic carbocycles. The lowest BCUT2D eigenvalue weighted by atomic mass is 10.1. The van der Waals surface area contributed by atoms with Crippen molar-refractivity contribution < 1.29 is 5.11 Å². The number of phenolic OH excluding ortho intramolecular Hbond substituents is 1. The fraction of sp³-hybridized carbons (Fsp3) is 0.200. The van der Waals surface area contributed by atoms with Gasteiger partial charge in [0.1, 0.15) is 5.75 Å². The summed E-state index contributed by atoms with van der Waals surface area (Å²) in [6.45, 7) is 4.02. The van der Waals surface area contributed by atoms with Gasteiger partial charge in [-0.2, -0.15) is 5.10 Å². The summed E-state index contributed by atoms with van der Waals surface area (Å²) >= 11 is 0. The van der Waals surface area contributed by atoms with Crippen molar-refractivity contribution in [2.45, 2.75) is 20.3 Å². The topological polar surface area (TPSA) is 50.4 Å². The van der Waals surface area contributed by atoms with Gasteiger partial charge >= 0.3 is 0 Å². The minimum Gasteiger partial charge on any atom is -0.508 e. The molecule has 2 aromatic heterocycles. The Morgan fingerprint density at radius 3 is 2.63 bits per heavy atom. The molecule has 0 spiro atoms. The molecule has 0 aliphatic heterocycles. The fourth-order valence-corrected chi connectivity index (χ4v) is 2.27. The highest BCUT2D eigenvalue weighted by Gasteiger charge is 2.08. The van der Waals surface area contributed by atoms with E-state index < -0.39 is 0 Å². The molecule has 19 heavy (non-hydrogen) atoms. The highest BCUT2D eigenvalue weighted by Crippen LogP contribution is 2.17. The number of aromatic nitrogens is 3. The van der Waals surface area contributed by atoms with Crippen molar-refractivity contribution in [3.05, 3.63) is 59.0 Å². The third-order valence-electron chi connectivity index (χ3n) is 3.18. The zero-order chi connectivity index (χ0) is 13.4. The van der Waals surface area contributed by atoms with Gasteiger partial charge in [-0.05, 0) is 37.6 Å². The summed E-state index contributed by atoms with van der Waals surface area (Å²) in [5.41, 5.74) is 5.22. The molecule has 3 aromatic rings. The Morgan fingerprint density at radius 1 is 1.16 bits per heavy atom. The average Bonchev–Trinajstić information content (AvgIpc) is 2.76. The second-order valence-electron chi connectivity index (χ2n) is 4.79. The van der Waals surface area contributed by atoms with Gasteiger partial charge in [0.15, 0.2) is 5.65 Å². The van der Waals surface area contributed by atoms with E-state index in [4.69, 9.17) is 0 Å². The summed E-state index contributed by atoms with van der Waals surface area (Å²) in [5, 5.41) is 13.7. The monoisotopic (exact) mass is 253 g/mol. The lowest BCUT2D eigenvalue weighted by Gasteiger charge is -2.03. The van der Waals surface area contributed by atoms with Crippen molar-refractivity contribution in [3.63, 3.8) is 0 Å². The van der Waals surface area contributed by atoms with Crippen LogP contribution in [-0.4, -0.2) is 19.7 Å². The van der Waals surface area contributed by atoms with Crippen molar-refractivity contribution in [1.29, 1.82) is 0 Å². The predicted octanol–water partition coefficient (Wildman–Crippen LogP) is 2.64. The zero-order valence-corrected chi connectivity index (χ0v) is 11.0. The van der Waals surface area contributed by atoms with Crippen LogP contribution in [0.15, 0.2) is 36.5 Å². The maximum atomic E-state index is 9.30. The largest absolute Gasteiger partial charge is 0.508 e. The molecule has 0 saturated heterocycles. The first kappa shape index (κ1) is 11.7. The maximum Gasteiger partial charge on any atom is 0.158 e. The Balaban J connectivity index is 2.03. The van der Waals surface area contributed by atoms with E-state index in [-0.39, 0.29) is 5.75 Å². The number of nitrogens with zero attached hydrogens (tertiary/aromatic N) is 3. The van der Waals surface area contributed by atoms with E-state index in [0.29, 0.717) is 0 Å². The Hall–Kier alpha value is -2.36. The third kappa shape index (κ3) is 2.17. The first-order valence-corrected chi connectivity index (χ1v) is 6.22. The first-order chi connectivity index (χ1) is 9.13. The van der Waals surface area contributed by atoms with Crippen molar-refractivity contribution in [2.75, 3.05) is 0 Å². The lowest BCUT2D eigenvalue weighted by Crippen LogP contribution is -1.98. The van der Waals surface area contributed by atoms with Crippen molar-refractivity contribution in [2.24, 2.45) is 0 Å². The van der Waals surface area contributed by atoms with Crippen LogP contribution >= 0.6 is 0 Å². The second kappa shape index (κ2) is 4.39. The minimum absolute atomic E-state index is 0.286. The Bertz CT molecular complexity index is 729. The highest BCUT2D eigenvalue weighted by atomic mass is 16.3. The van der Waals surface area contributed by atoms with Crippen molar-refractivity contribution >= 4 is 5.65 Å². The molecule has 2 heterocycles. The molecular formula is C15H15N3O. The first-order valence-electron chi connectivity index (χ1n) is 6.22. The normalized spacial score (nSPS) is 11.1. The van der Waals surface area contributed by atoms with E-state index in [0.717, 1.165) is 34.6 Å². The Labute approximate surface area is 111 Å². The summed E-state index contributed by atoms with van der Waals surface area (Å²) in [6.07, 6.45) is 2.63. The van der Waals surface area contributed by atoms with Crippen LogP contribution in [0.4, 0.5) is 0 Å². The van der Waals surface area contributed by atoms with Gasteiger partial charge in [0, 0.05) is 23.4 Å². The molecular weight excluding hydrogens is 238 g/mol. The van der Waals surface area contributed by atoms with E-state index in [2.05, 4.69) is 10.1 Å². The van der Waals surface area contributed by atoms with E-state index in [1.54, 1.807) is 12.1 Å². The van der Waals surface area contributed by atoms with Crippen LogP contribution in [0, 0.1) is 13.8 Å². The molecule has 0 radical (unpaired) electrons. The number of benzene rings is 1. The molecule has 4 nitrogen and oxygen atoms in total. The summed E-state index contributed by atoms with van der Waals surface area (Å²) in [6, 6.07) is 9.25. The van der Waals surface area contributed by atoms with Gasteiger partial charge in [-0.1, -0.05) is 12.1 Å². The Morgan fingerprint density at radius 2 is 1.89 bits per heavy atom.